The molecule has 27 heavy (non-hydrogen) atoms. The molecule has 0 aliphatic carbocycles. The average molecular weight is 420 g/mol. The molecular formula is C21H19Cl2NO2S. The molecule has 0 radical (unpaired) electrons. The second kappa shape index (κ2) is 7.70. The van der Waals surface area contributed by atoms with E-state index >= 15 is 0 Å². The zero-order chi connectivity index (χ0) is 19.8. The van der Waals surface area contributed by atoms with Gasteiger partial charge in [-0.2, -0.15) is 0 Å². The smallest absolute Gasteiger partial charge is 0.268 e. The lowest BCUT2D eigenvalue weighted by atomic mass is 9.87. The molecule has 0 saturated carbocycles. The first-order valence-electron chi connectivity index (χ1n) is 8.45. The van der Waals surface area contributed by atoms with Gasteiger partial charge in [0.05, 0.1) is 11.4 Å². The first kappa shape index (κ1) is 20.0. The van der Waals surface area contributed by atoms with Crippen LogP contribution in [-0.2, 0) is 16.8 Å². The van der Waals surface area contributed by atoms with Gasteiger partial charge < -0.3 is 0 Å². The Morgan fingerprint density at radius 1 is 1.00 bits per heavy atom. The molecule has 140 valence electrons. The Kier molecular flexibility index (Phi) is 5.71. The quantitative estimate of drug-likeness (QED) is 0.530. The minimum atomic E-state index is -0.333. The van der Waals surface area contributed by atoms with Crippen molar-refractivity contribution in [3.63, 3.8) is 0 Å². The molecule has 0 N–H and O–H groups in total. The Labute approximate surface area is 173 Å². The lowest BCUT2D eigenvalue weighted by Gasteiger charge is -2.18. The highest BCUT2D eigenvalue weighted by Crippen LogP contribution is 2.35. The van der Waals surface area contributed by atoms with Crippen molar-refractivity contribution < 1.29 is 9.59 Å². The number of carbonyl (C=O) groups is 2. The number of halogens is 2. The van der Waals surface area contributed by atoms with Gasteiger partial charge in [0.2, 0.25) is 0 Å². The summed E-state index contributed by atoms with van der Waals surface area (Å²) >= 11 is 13.3. The molecule has 2 amide bonds. The maximum absolute atomic E-state index is 12.7. The van der Waals surface area contributed by atoms with E-state index in [2.05, 4.69) is 20.8 Å². The minimum absolute atomic E-state index is 0.0590. The molecule has 2 aromatic rings. The standard InChI is InChI=1S/C21H19Cl2NO2S/c1-21(2,3)14-9-7-13(8-10-14)11-18-19(25)24(20(26)27-18)12-15-16(22)5-4-6-17(15)23/h4-11H,12H2,1-3H3/b18-11-. The van der Waals surface area contributed by atoms with Gasteiger partial charge in [0.15, 0.2) is 0 Å². The zero-order valence-electron chi connectivity index (χ0n) is 15.3. The zero-order valence-corrected chi connectivity index (χ0v) is 17.6. The van der Waals surface area contributed by atoms with Crippen molar-refractivity contribution in [2.45, 2.75) is 32.7 Å². The maximum Gasteiger partial charge on any atom is 0.293 e. The van der Waals surface area contributed by atoms with Crippen LogP contribution in [0.15, 0.2) is 47.4 Å². The summed E-state index contributed by atoms with van der Waals surface area (Å²) in [7, 11) is 0. The van der Waals surface area contributed by atoms with Crippen molar-refractivity contribution in [2.24, 2.45) is 0 Å². The van der Waals surface area contributed by atoms with Crippen molar-refractivity contribution in [1.82, 2.24) is 4.90 Å². The minimum Gasteiger partial charge on any atom is -0.268 e. The molecule has 1 heterocycles. The van der Waals surface area contributed by atoms with Crippen LogP contribution in [0.25, 0.3) is 6.08 Å². The van der Waals surface area contributed by atoms with Crippen LogP contribution < -0.4 is 0 Å². The summed E-state index contributed by atoms with van der Waals surface area (Å²) in [5.41, 5.74) is 2.72. The van der Waals surface area contributed by atoms with Gasteiger partial charge in [0.1, 0.15) is 0 Å². The first-order valence-corrected chi connectivity index (χ1v) is 10.0. The van der Waals surface area contributed by atoms with E-state index in [0.29, 0.717) is 20.5 Å². The Morgan fingerprint density at radius 2 is 1.59 bits per heavy atom. The molecule has 6 heteroatoms. The monoisotopic (exact) mass is 419 g/mol. The van der Waals surface area contributed by atoms with Crippen LogP contribution in [0.5, 0.6) is 0 Å². The van der Waals surface area contributed by atoms with E-state index in [9.17, 15) is 9.59 Å². The molecule has 1 aliphatic rings. The summed E-state index contributed by atoms with van der Waals surface area (Å²) in [6.45, 7) is 6.50. The number of hydrogen-bond acceptors (Lipinski definition) is 3. The molecule has 0 bridgehead atoms. The summed E-state index contributed by atoms with van der Waals surface area (Å²) in [5, 5.41) is 0.542. The van der Waals surface area contributed by atoms with E-state index < -0.39 is 0 Å². The van der Waals surface area contributed by atoms with E-state index in [0.717, 1.165) is 17.3 Å². The van der Waals surface area contributed by atoms with Crippen LogP contribution in [0.2, 0.25) is 10.0 Å². The molecular weight excluding hydrogens is 401 g/mol. The molecule has 0 spiro atoms. The van der Waals surface area contributed by atoms with Crippen LogP contribution in [0.3, 0.4) is 0 Å². The number of rotatable bonds is 3. The van der Waals surface area contributed by atoms with Gasteiger partial charge in [0.25, 0.3) is 11.1 Å². The maximum atomic E-state index is 12.7. The lowest BCUT2D eigenvalue weighted by molar-refractivity contribution is -0.123. The third-order valence-electron chi connectivity index (χ3n) is 4.33. The Bertz CT molecular complexity index is 910. The van der Waals surface area contributed by atoms with E-state index in [1.807, 2.05) is 24.3 Å². The van der Waals surface area contributed by atoms with E-state index in [1.165, 1.54) is 10.5 Å². The number of imide groups is 1. The fraction of sp³-hybridized carbons (Fsp3) is 0.238. The van der Waals surface area contributed by atoms with Gasteiger partial charge in [-0.05, 0) is 46.5 Å². The highest BCUT2D eigenvalue weighted by molar-refractivity contribution is 8.18. The van der Waals surface area contributed by atoms with Crippen molar-refractivity contribution >= 4 is 52.2 Å². The number of hydrogen-bond donors (Lipinski definition) is 0. The predicted molar refractivity (Wildman–Crippen MR) is 113 cm³/mol. The Morgan fingerprint density at radius 3 is 2.15 bits per heavy atom. The van der Waals surface area contributed by atoms with E-state index in [4.69, 9.17) is 23.2 Å². The molecule has 1 aliphatic heterocycles. The number of amides is 2. The molecule has 0 atom stereocenters. The summed E-state index contributed by atoms with van der Waals surface area (Å²) in [6.07, 6.45) is 1.74. The molecule has 3 nitrogen and oxygen atoms in total. The molecule has 3 rings (SSSR count). The van der Waals surface area contributed by atoms with Gasteiger partial charge in [-0.15, -0.1) is 0 Å². The lowest BCUT2D eigenvalue weighted by Crippen LogP contribution is -2.27. The Balaban J connectivity index is 1.82. The van der Waals surface area contributed by atoms with E-state index in [1.54, 1.807) is 24.3 Å². The third-order valence-corrected chi connectivity index (χ3v) is 5.94. The van der Waals surface area contributed by atoms with Crippen LogP contribution >= 0.6 is 35.0 Å². The largest absolute Gasteiger partial charge is 0.293 e. The topological polar surface area (TPSA) is 37.4 Å². The molecule has 1 fully saturated rings. The summed E-state index contributed by atoms with van der Waals surface area (Å²) in [6, 6.07) is 13.1. The Hall–Kier alpha value is -1.75. The van der Waals surface area contributed by atoms with Crippen LogP contribution in [-0.4, -0.2) is 16.0 Å². The van der Waals surface area contributed by atoms with Crippen molar-refractivity contribution in [3.05, 3.63) is 74.1 Å². The fourth-order valence-electron chi connectivity index (χ4n) is 2.71. The van der Waals surface area contributed by atoms with Crippen LogP contribution in [0.1, 0.15) is 37.5 Å². The number of benzene rings is 2. The predicted octanol–water partition coefficient (Wildman–Crippen LogP) is 6.53. The number of carbonyl (C=O) groups excluding carboxylic acids is 2. The van der Waals surface area contributed by atoms with E-state index in [-0.39, 0.29) is 23.1 Å². The van der Waals surface area contributed by atoms with Gasteiger partial charge in [-0.3, -0.25) is 14.5 Å². The molecule has 2 aromatic carbocycles. The second-order valence-electron chi connectivity index (χ2n) is 7.34. The number of nitrogens with zero attached hydrogens (tertiary/aromatic N) is 1. The average Bonchev–Trinajstić information content (AvgIpc) is 2.85. The molecule has 1 saturated heterocycles. The van der Waals surface area contributed by atoms with Gasteiger partial charge >= 0.3 is 0 Å². The third kappa shape index (κ3) is 4.40. The SMILES string of the molecule is CC(C)(C)c1ccc(/C=C2\SC(=O)N(Cc3c(Cl)cccc3Cl)C2=O)cc1. The number of thioether (sulfide) groups is 1. The molecule has 0 unspecified atom stereocenters. The van der Waals surface area contributed by atoms with Crippen LogP contribution in [0, 0.1) is 0 Å². The van der Waals surface area contributed by atoms with Crippen molar-refractivity contribution in [2.75, 3.05) is 0 Å². The van der Waals surface area contributed by atoms with Crippen molar-refractivity contribution in [3.8, 4) is 0 Å². The van der Waals surface area contributed by atoms with Gasteiger partial charge in [-0.25, -0.2) is 0 Å². The van der Waals surface area contributed by atoms with Crippen LogP contribution in [0.4, 0.5) is 4.79 Å². The van der Waals surface area contributed by atoms with Gasteiger partial charge in [0, 0.05) is 15.6 Å². The van der Waals surface area contributed by atoms with Crippen molar-refractivity contribution in [1.29, 1.82) is 0 Å². The normalized spacial score (nSPS) is 16.5. The molecule has 0 aromatic heterocycles. The summed E-state index contributed by atoms with van der Waals surface area (Å²) in [4.78, 5) is 26.6. The second-order valence-corrected chi connectivity index (χ2v) is 9.15. The van der Waals surface area contributed by atoms with Gasteiger partial charge in [-0.1, -0.05) is 74.3 Å². The summed E-state index contributed by atoms with van der Waals surface area (Å²) in [5.74, 6) is -0.333. The first-order chi connectivity index (χ1) is 12.7. The highest BCUT2D eigenvalue weighted by atomic mass is 35.5. The highest BCUT2D eigenvalue weighted by Gasteiger charge is 2.35. The summed E-state index contributed by atoms with van der Waals surface area (Å²) < 4.78 is 0. The fourth-order valence-corrected chi connectivity index (χ4v) is 4.06.